The van der Waals surface area contributed by atoms with Crippen molar-refractivity contribution < 1.29 is 4.52 Å². The number of nitrogens with zero attached hydrogens (tertiary/aromatic N) is 4. The SMILES string of the molecule is c1ccc2c(c1)c(-c1nc(C3CN4CCC3CC4)no1)c1n2CCC1. The fourth-order valence-electron chi connectivity index (χ4n) is 5.26. The highest BCUT2D eigenvalue weighted by atomic mass is 16.5. The molecule has 0 aliphatic carbocycles. The minimum absolute atomic E-state index is 0.446. The third-order valence-electron chi connectivity index (χ3n) is 6.52. The third kappa shape index (κ3) is 1.99. The van der Waals surface area contributed by atoms with Gasteiger partial charge in [-0.05, 0) is 50.8 Å². The Morgan fingerprint density at radius 3 is 2.80 bits per heavy atom. The molecule has 0 N–H and O–H groups in total. The molecule has 25 heavy (non-hydrogen) atoms. The quantitative estimate of drug-likeness (QED) is 0.720. The highest BCUT2D eigenvalue weighted by Crippen LogP contribution is 2.41. The van der Waals surface area contributed by atoms with Crippen LogP contribution in [0.25, 0.3) is 22.4 Å². The van der Waals surface area contributed by atoms with Gasteiger partial charge in [-0.2, -0.15) is 4.98 Å². The Labute approximate surface area is 146 Å². The van der Waals surface area contributed by atoms with E-state index in [4.69, 9.17) is 9.51 Å². The van der Waals surface area contributed by atoms with Crippen molar-refractivity contribution in [1.29, 1.82) is 0 Å². The predicted octanol–water partition coefficient (Wildman–Crippen LogP) is 3.45. The van der Waals surface area contributed by atoms with E-state index in [-0.39, 0.29) is 0 Å². The standard InChI is InChI=1S/C20H22N4O/c1-2-5-16-14(4-1)18(17-6-3-9-24(16)17)20-21-19(22-25-20)15-12-23-10-7-13(15)8-11-23/h1-2,4-5,13,15H,3,6-12H2. The number of hydrogen-bond donors (Lipinski definition) is 0. The molecule has 6 heterocycles. The molecular formula is C20H22N4O. The van der Waals surface area contributed by atoms with Gasteiger partial charge in [0.25, 0.3) is 5.89 Å². The molecule has 0 amide bonds. The summed E-state index contributed by atoms with van der Waals surface area (Å²) in [6.45, 7) is 4.67. The predicted molar refractivity (Wildman–Crippen MR) is 95.5 cm³/mol. The van der Waals surface area contributed by atoms with Gasteiger partial charge in [-0.3, -0.25) is 0 Å². The first-order valence-corrected chi connectivity index (χ1v) is 9.55. The van der Waals surface area contributed by atoms with Gasteiger partial charge in [0.15, 0.2) is 5.82 Å². The summed E-state index contributed by atoms with van der Waals surface area (Å²) in [5.41, 5.74) is 3.84. The van der Waals surface area contributed by atoms with Crippen LogP contribution in [-0.4, -0.2) is 39.2 Å². The zero-order valence-electron chi connectivity index (χ0n) is 14.3. The molecule has 1 atom stereocenters. The molecule has 4 aliphatic heterocycles. The molecule has 128 valence electrons. The number of aromatic nitrogens is 3. The van der Waals surface area contributed by atoms with Gasteiger partial charge >= 0.3 is 0 Å². The maximum absolute atomic E-state index is 5.81. The van der Waals surface area contributed by atoms with Crippen molar-refractivity contribution in [2.45, 2.75) is 38.1 Å². The largest absolute Gasteiger partial charge is 0.344 e. The van der Waals surface area contributed by atoms with E-state index in [1.807, 2.05) is 0 Å². The van der Waals surface area contributed by atoms with Crippen molar-refractivity contribution in [3.8, 4) is 11.5 Å². The molecule has 2 aromatic heterocycles. The zero-order valence-corrected chi connectivity index (χ0v) is 14.3. The molecule has 3 saturated heterocycles. The highest BCUT2D eigenvalue weighted by Gasteiger charge is 2.38. The molecule has 0 spiro atoms. The van der Waals surface area contributed by atoms with Crippen LogP contribution in [0.1, 0.15) is 36.7 Å². The van der Waals surface area contributed by atoms with Gasteiger partial charge in [0.1, 0.15) is 0 Å². The van der Waals surface area contributed by atoms with Crippen LogP contribution in [0.4, 0.5) is 0 Å². The maximum atomic E-state index is 5.81. The van der Waals surface area contributed by atoms with Gasteiger partial charge in [-0.15, -0.1) is 0 Å². The second kappa shape index (κ2) is 5.18. The van der Waals surface area contributed by atoms with E-state index in [9.17, 15) is 0 Å². The van der Waals surface area contributed by atoms with Gasteiger partial charge < -0.3 is 14.0 Å². The number of benzene rings is 1. The number of rotatable bonds is 2. The zero-order chi connectivity index (χ0) is 16.4. The van der Waals surface area contributed by atoms with Crippen LogP contribution in [-0.2, 0) is 13.0 Å². The second-order valence-electron chi connectivity index (χ2n) is 7.80. The van der Waals surface area contributed by atoms with Crippen LogP contribution in [0.3, 0.4) is 0 Å². The summed E-state index contributed by atoms with van der Waals surface area (Å²) in [5, 5.41) is 5.68. The summed E-state index contributed by atoms with van der Waals surface area (Å²) in [6, 6.07) is 8.61. The molecule has 3 fully saturated rings. The molecule has 0 radical (unpaired) electrons. The van der Waals surface area contributed by atoms with Crippen molar-refractivity contribution >= 4 is 10.9 Å². The van der Waals surface area contributed by atoms with E-state index < -0.39 is 0 Å². The Bertz CT molecular complexity index is 948. The summed E-state index contributed by atoms with van der Waals surface area (Å²) in [7, 11) is 0. The van der Waals surface area contributed by atoms with Crippen LogP contribution in [0.5, 0.6) is 0 Å². The van der Waals surface area contributed by atoms with Crippen LogP contribution < -0.4 is 0 Å². The molecular weight excluding hydrogens is 312 g/mol. The topological polar surface area (TPSA) is 47.1 Å². The number of piperidine rings is 3. The molecule has 1 aromatic carbocycles. The van der Waals surface area contributed by atoms with Crippen molar-refractivity contribution in [2.24, 2.45) is 5.92 Å². The Balaban J connectivity index is 1.45. The van der Waals surface area contributed by atoms with E-state index in [0.717, 1.165) is 37.1 Å². The van der Waals surface area contributed by atoms with Gasteiger partial charge in [0.05, 0.1) is 5.56 Å². The lowest BCUT2D eigenvalue weighted by atomic mass is 9.79. The van der Waals surface area contributed by atoms with Crippen molar-refractivity contribution in [2.75, 3.05) is 19.6 Å². The lowest BCUT2D eigenvalue weighted by Gasteiger charge is -2.43. The number of fused-ring (bicyclic) bond motifs is 6. The molecule has 0 saturated carbocycles. The lowest BCUT2D eigenvalue weighted by molar-refractivity contribution is 0.0825. The summed E-state index contributed by atoms with van der Waals surface area (Å²) in [5.74, 6) is 2.82. The molecule has 1 unspecified atom stereocenters. The van der Waals surface area contributed by atoms with Gasteiger partial charge in [-0.25, -0.2) is 0 Å². The normalized spacial score (nSPS) is 27.9. The van der Waals surface area contributed by atoms with E-state index in [2.05, 4.69) is 38.9 Å². The average Bonchev–Trinajstić information content (AvgIpc) is 3.38. The summed E-state index contributed by atoms with van der Waals surface area (Å²) < 4.78 is 8.24. The fraction of sp³-hybridized carbons (Fsp3) is 0.500. The monoisotopic (exact) mass is 334 g/mol. The first-order valence-electron chi connectivity index (χ1n) is 9.55. The molecule has 3 aromatic rings. The van der Waals surface area contributed by atoms with Crippen molar-refractivity contribution in [1.82, 2.24) is 19.6 Å². The minimum atomic E-state index is 0.446. The van der Waals surface area contributed by atoms with Gasteiger partial charge in [-0.1, -0.05) is 23.4 Å². The number of para-hydroxylation sites is 1. The number of aryl methyl sites for hydroxylation is 1. The Hall–Kier alpha value is -2.14. The van der Waals surface area contributed by atoms with Crippen molar-refractivity contribution in [3.05, 3.63) is 35.8 Å². The number of hydrogen-bond acceptors (Lipinski definition) is 4. The molecule has 5 nitrogen and oxygen atoms in total. The van der Waals surface area contributed by atoms with E-state index >= 15 is 0 Å². The van der Waals surface area contributed by atoms with E-state index in [1.165, 1.54) is 54.5 Å². The van der Waals surface area contributed by atoms with Gasteiger partial charge in [0, 0.05) is 35.6 Å². The fourth-order valence-corrected chi connectivity index (χ4v) is 5.26. The molecule has 5 heteroatoms. The molecule has 4 aliphatic rings. The third-order valence-corrected chi connectivity index (χ3v) is 6.52. The average molecular weight is 334 g/mol. The van der Waals surface area contributed by atoms with E-state index in [1.54, 1.807) is 0 Å². The summed E-state index contributed by atoms with van der Waals surface area (Å²) >= 11 is 0. The summed E-state index contributed by atoms with van der Waals surface area (Å²) in [6.07, 6.45) is 4.85. The first kappa shape index (κ1) is 14.1. The van der Waals surface area contributed by atoms with Crippen LogP contribution in [0, 0.1) is 5.92 Å². The van der Waals surface area contributed by atoms with Crippen LogP contribution >= 0.6 is 0 Å². The molecule has 7 rings (SSSR count). The summed E-state index contributed by atoms with van der Waals surface area (Å²) in [4.78, 5) is 7.45. The molecule has 2 bridgehead atoms. The Morgan fingerprint density at radius 2 is 1.96 bits per heavy atom. The highest BCUT2D eigenvalue weighted by molar-refractivity contribution is 5.96. The Morgan fingerprint density at radius 1 is 1.08 bits per heavy atom. The van der Waals surface area contributed by atoms with Crippen molar-refractivity contribution in [3.63, 3.8) is 0 Å². The Kier molecular flexibility index (Phi) is 2.92. The lowest BCUT2D eigenvalue weighted by Crippen LogP contribution is -2.46. The van der Waals surface area contributed by atoms with Gasteiger partial charge in [0.2, 0.25) is 0 Å². The van der Waals surface area contributed by atoms with Crippen LogP contribution in [0.2, 0.25) is 0 Å². The maximum Gasteiger partial charge on any atom is 0.260 e. The smallest absolute Gasteiger partial charge is 0.260 e. The minimum Gasteiger partial charge on any atom is -0.344 e. The first-order chi connectivity index (χ1) is 12.4. The van der Waals surface area contributed by atoms with E-state index in [0.29, 0.717) is 5.92 Å². The second-order valence-corrected chi connectivity index (χ2v) is 7.80. The van der Waals surface area contributed by atoms with Crippen LogP contribution in [0.15, 0.2) is 28.8 Å².